The summed E-state index contributed by atoms with van der Waals surface area (Å²) in [6.07, 6.45) is 1.55. The molecule has 1 aromatic rings. The quantitative estimate of drug-likeness (QED) is 0.817. The molecule has 1 fully saturated rings. The number of carbonyl (C=O) groups is 1. The van der Waals surface area contributed by atoms with Crippen LogP contribution in [0.2, 0.25) is 0 Å². The number of hydrogen-bond donors (Lipinski definition) is 2. The van der Waals surface area contributed by atoms with Gasteiger partial charge in [-0.25, -0.2) is 0 Å². The molecule has 3 atom stereocenters. The van der Waals surface area contributed by atoms with E-state index in [0.717, 1.165) is 24.8 Å². The minimum Gasteiger partial charge on any atom is -0.391 e. The molecule has 3 unspecified atom stereocenters. The summed E-state index contributed by atoms with van der Waals surface area (Å²) >= 11 is 0. The smallest absolute Gasteiger partial charge is 0.254 e. The number of aliphatic hydroxyl groups excluding tert-OH is 1. The average Bonchev–Trinajstić information content (AvgIpc) is 2.42. The molecule has 18 heavy (non-hydrogen) atoms. The van der Waals surface area contributed by atoms with E-state index in [1.54, 1.807) is 0 Å². The van der Waals surface area contributed by atoms with Crippen molar-refractivity contribution < 1.29 is 14.6 Å². The first kappa shape index (κ1) is 11.7. The molecule has 4 heteroatoms. The number of amides is 1. The Morgan fingerprint density at radius 2 is 2.17 bits per heavy atom. The standard InChI is InChI=1S/C14H17NO3/c16-12-6-5-11(12)15-14(17)13-10-4-2-1-3-9(10)7-8-18-13/h1-4,11-13,16H,5-8H2,(H,15,17). The van der Waals surface area contributed by atoms with E-state index in [2.05, 4.69) is 5.32 Å². The predicted molar refractivity (Wildman–Crippen MR) is 66.0 cm³/mol. The Morgan fingerprint density at radius 1 is 1.33 bits per heavy atom. The Hall–Kier alpha value is -1.39. The van der Waals surface area contributed by atoms with Crippen LogP contribution in [0.3, 0.4) is 0 Å². The molecule has 0 spiro atoms. The molecule has 96 valence electrons. The Balaban J connectivity index is 1.74. The first-order valence-corrected chi connectivity index (χ1v) is 6.43. The minimum absolute atomic E-state index is 0.102. The van der Waals surface area contributed by atoms with Crippen LogP contribution in [0.15, 0.2) is 24.3 Å². The van der Waals surface area contributed by atoms with Crippen LogP contribution in [-0.2, 0) is 16.0 Å². The summed E-state index contributed by atoms with van der Waals surface area (Å²) in [7, 11) is 0. The lowest BCUT2D eigenvalue weighted by molar-refractivity contribution is -0.137. The van der Waals surface area contributed by atoms with E-state index in [4.69, 9.17) is 4.74 Å². The molecular formula is C14H17NO3. The topological polar surface area (TPSA) is 58.6 Å². The largest absolute Gasteiger partial charge is 0.391 e. The fraction of sp³-hybridized carbons (Fsp3) is 0.500. The zero-order valence-electron chi connectivity index (χ0n) is 10.1. The number of ether oxygens (including phenoxy) is 1. The van der Waals surface area contributed by atoms with Crippen LogP contribution in [-0.4, -0.2) is 29.8 Å². The zero-order chi connectivity index (χ0) is 12.5. The van der Waals surface area contributed by atoms with E-state index in [-0.39, 0.29) is 11.9 Å². The van der Waals surface area contributed by atoms with E-state index in [9.17, 15) is 9.90 Å². The molecule has 0 radical (unpaired) electrons. The summed E-state index contributed by atoms with van der Waals surface area (Å²) in [5, 5.41) is 12.4. The second kappa shape index (κ2) is 4.71. The van der Waals surface area contributed by atoms with Gasteiger partial charge in [-0.15, -0.1) is 0 Å². The van der Waals surface area contributed by atoms with Crippen LogP contribution in [0.4, 0.5) is 0 Å². The molecule has 1 saturated carbocycles. The molecule has 1 heterocycles. The Bertz CT molecular complexity index is 460. The molecule has 2 N–H and O–H groups in total. The summed E-state index contributed by atoms with van der Waals surface area (Å²) in [5.41, 5.74) is 2.13. The van der Waals surface area contributed by atoms with Crippen molar-refractivity contribution in [3.05, 3.63) is 35.4 Å². The maximum atomic E-state index is 12.2. The van der Waals surface area contributed by atoms with Crippen molar-refractivity contribution in [1.29, 1.82) is 0 Å². The fourth-order valence-electron chi connectivity index (χ4n) is 2.52. The number of benzene rings is 1. The summed E-state index contributed by atoms with van der Waals surface area (Å²) in [4.78, 5) is 12.2. The van der Waals surface area contributed by atoms with Gasteiger partial charge in [-0.2, -0.15) is 0 Å². The summed E-state index contributed by atoms with van der Waals surface area (Å²) in [5.74, 6) is -0.133. The average molecular weight is 247 g/mol. The Morgan fingerprint density at radius 3 is 2.89 bits per heavy atom. The van der Waals surface area contributed by atoms with Crippen LogP contribution in [0.5, 0.6) is 0 Å². The molecule has 4 nitrogen and oxygen atoms in total. The summed E-state index contributed by atoms with van der Waals surface area (Å²) in [6, 6.07) is 7.78. The van der Waals surface area contributed by atoms with Gasteiger partial charge in [0.1, 0.15) is 0 Å². The van der Waals surface area contributed by atoms with E-state index in [0.29, 0.717) is 6.61 Å². The maximum absolute atomic E-state index is 12.2. The van der Waals surface area contributed by atoms with Crippen LogP contribution in [0.1, 0.15) is 30.1 Å². The van der Waals surface area contributed by atoms with Gasteiger partial charge >= 0.3 is 0 Å². The SMILES string of the molecule is O=C(NC1CCC1O)C1OCCc2ccccc21. The molecule has 1 aromatic carbocycles. The minimum atomic E-state index is -0.525. The summed E-state index contributed by atoms with van der Waals surface area (Å²) in [6.45, 7) is 0.572. The number of aliphatic hydroxyl groups is 1. The van der Waals surface area contributed by atoms with Crippen LogP contribution in [0.25, 0.3) is 0 Å². The van der Waals surface area contributed by atoms with Crippen molar-refractivity contribution in [2.75, 3.05) is 6.61 Å². The van der Waals surface area contributed by atoms with Gasteiger partial charge in [-0.1, -0.05) is 24.3 Å². The fourth-order valence-corrected chi connectivity index (χ4v) is 2.52. The van der Waals surface area contributed by atoms with E-state index in [1.807, 2.05) is 24.3 Å². The number of rotatable bonds is 2. The molecule has 1 aliphatic heterocycles. The maximum Gasteiger partial charge on any atom is 0.254 e. The molecule has 1 amide bonds. The molecule has 0 bridgehead atoms. The first-order chi connectivity index (χ1) is 8.75. The lowest BCUT2D eigenvalue weighted by Crippen LogP contribution is -2.52. The third-order valence-electron chi connectivity index (χ3n) is 3.80. The van der Waals surface area contributed by atoms with Crippen molar-refractivity contribution in [2.45, 2.75) is 37.5 Å². The number of fused-ring (bicyclic) bond motifs is 1. The number of hydrogen-bond acceptors (Lipinski definition) is 3. The van der Waals surface area contributed by atoms with Gasteiger partial charge in [0.05, 0.1) is 18.8 Å². The van der Waals surface area contributed by atoms with Gasteiger partial charge in [0.2, 0.25) is 0 Å². The Labute approximate surface area is 106 Å². The lowest BCUT2D eigenvalue weighted by atomic mass is 9.88. The van der Waals surface area contributed by atoms with Crippen LogP contribution in [0, 0.1) is 0 Å². The molecule has 0 aromatic heterocycles. The highest BCUT2D eigenvalue weighted by molar-refractivity contribution is 5.83. The van der Waals surface area contributed by atoms with Gasteiger partial charge < -0.3 is 15.2 Å². The van der Waals surface area contributed by atoms with Crippen LogP contribution >= 0.6 is 0 Å². The second-order valence-electron chi connectivity index (χ2n) is 4.96. The van der Waals surface area contributed by atoms with Gasteiger partial charge in [-0.05, 0) is 30.4 Å². The molecular weight excluding hydrogens is 230 g/mol. The highest BCUT2D eigenvalue weighted by Gasteiger charge is 2.34. The molecule has 3 rings (SSSR count). The third-order valence-corrected chi connectivity index (χ3v) is 3.80. The van der Waals surface area contributed by atoms with Crippen molar-refractivity contribution in [3.8, 4) is 0 Å². The normalized spacial score (nSPS) is 30.2. The number of carbonyl (C=O) groups excluding carboxylic acids is 1. The summed E-state index contributed by atoms with van der Waals surface area (Å²) < 4.78 is 5.58. The lowest BCUT2D eigenvalue weighted by Gasteiger charge is -2.35. The van der Waals surface area contributed by atoms with Crippen molar-refractivity contribution in [2.24, 2.45) is 0 Å². The van der Waals surface area contributed by atoms with Gasteiger partial charge in [0.25, 0.3) is 5.91 Å². The van der Waals surface area contributed by atoms with Crippen LogP contribution < -0.4 is 5.32 Å². The molecule has 2 aliphatic rings. The zero-order valence-corrected chi connectivity index (χ0v) is 10.1. The monoisotopic (exact) mass is 247 g/mol. The van der Waals surface area contributed by atoms with Gasteiger partial charge in [0.15, 0.2) is 6.10 Å². The van der Waals surface area contributed by atoms with E-state index >= 15 is 0 Å². The van der Waals surface area contributed by atoms with Crippen molar-refractivity contribution >= 4 is 5.91 Å². The second-order valence-corrected chi connectivity index (χ2v) is 4.96. The highest BCUT2D eigenvalue weighted by atomic mass is 16.5. The first-order valence-electron chi connectivity index (χ1n) is 6.43. The van der Waals surface area contributed by atoms with E-state index in [1.165, 1.54) is 5.56 Å². The highest BCUT2D eigenvalue weighted by Crippen LogP contribution is 2.28. The molecule has 0 saturated heterocycles. The van der Waals surface area contributed by atoms with Gasteiger partial charge in [-0.3, -0.25) is 4.79 Å². The van der Waals surface area contributed by atoms with Gasteiger partial charge in [0, 0.05) is 0 Å². The van der Waals surface area contributed by atoms with Crippen molar-refractivity contribution in [1.82, 2.24) is 5.32 Å². The Kier molecular flexibility index (Phi) is 3.06. The molecule has 1 aliphatic carbocycles. The predicted octanol–water partition coefficient (Wildman–Crippen LogP) is 0.940. The third kappa shape index (κ3) is 2.02. The van der Waals surface area contributed by atoms with E-state index < -0.39 is 12.2 Å². The number of nitrogens with one attached hydrogen (secondary N) is 1. The van der Waals surface area contributed by atoms with Crippen molar-refractivity contribution in [3.63, 3.8) is 0 Å².